The second-order valence-corrected chi connectivity index (χ2v) is 4.36. The first-order chi connectivity index (χ1) is 9.20. The van der Waals surface area contributed by atoms with Crippen molar-refractivity contribution >= 4 is 11.6 Å². The molecule has 4 heteroatoms. The van der Waals surface area contributed by atoms with Gasteiger partial charge in [0.25, 0.3) is 5.91 Å². The minimum atomic E-state index is -0.142. The molecule has 0 radical (unpaired) electrons. The Kier molecular flexibility index (Phi) is 4.15. The maximum absolute atomic E-state index is 12.1. The Hall–Kier alpha value is -2.33. The third-order valence-corrected chi connectivity index (χ3v) is 2.87. The van der Waals surface area contributed by atoms with Crippen LogP contribution in [0.3, 0.4) is 0 Å². The molecule has 19 heavy (non-hydrogen) atoms. The van der Waals surface area contributed by atoms with Crippen LogP contribution in [-0.2, 0) is 6.54 Å². The van der Waals surface area contributed by atoms with Crippen LogP contribution in [-0.4, -0.2) is 5.91 Å². The molecule has 0 aliphatic rings. The van der Waals surface area contributed by atoms with Gasteiger partial charge in [-0.2, -0.15) is 0 Å². The van der Waals surface area contributed by atoms with Crippen LogP contribution in [0.2, 0.25) is 0 Å². The number of carbonyl (C=O) groups is 1. The van der Waals surface area contributed by atoms with E-state index in [1.165, 1.54) is 0 Å². The van der Waals surface area contributed by atoms with Gasteiger partial charge < -0.3 is 10.7 Å². The van der Waals surface area contributed by atoms with Crippen LogP contribution < -0.4 is 16.6 Å². The first kappa shape index (κ1) is 13.1. The van der Waals surface area contributed by atoms with Gasteiger partial charge in [0, 0.05) is 6.54 Å². The molecular weight excluding hydrogens is 238 g/mol. The molecule has 0 aliphatic carbocycles. The zero-order chi connectivity index (χ0) is 13.7. The van der Waals surface area contributed by atoms with Crippen molar-refractivity contribution in [1.29, 1.82) is 0 Å². The molecule has 0 fully saturated rings. The van der Waals surface area contributed by atoms with Crippen LogP contribution in [0, 0.1) is 6.92 Å². The summed E-state index contributed by atoms with van der Waals surface area (Å²) in [5.41, 5.74) is 5.84. The topological polar surface area (TPSA) is 67.2 Å². The number of hydrazine groups is 1. The summed E-state index contributed by atoms with van der Waals surface area (Å²) in [7, 11) is 0. The van der Waals surface area contributed by atoms with Gasteiger partial charge in [-0.1, -0.05) is 36.4 Å². The van der Waals surface area contributed by atoms with Gasteiger partial charge in [-0.3, -0.25) is 10.6 Å². The lowest BCUT2D eigenvalue weighted by Gasteiger charge is -2.10. The fourth-order valence-electron chi connectivity index (χ4n) is 1.85. The summed E-state index contributed by atoms with van der Waals surface area (Å²) in [4.78, 5) is 12.1. The van der Waals surface area contributed by atoms with Gasteiger partial charge in [0.05, 0.1) is 11.3 Å². The predicted octanol–water partition coefficient (Wildman–Crippen LogP) is 2.21. The number of hydrogen-bond donors (Lipinski definition) is 3. The van der Waals surface area contributed by atoms with Gasteiger partial charge in [0.2, 0.25) is 0 Å². The summed E-state index contributed by atoms with van der Waals surface area (Å²) >= 11 is 0. The zero-order valence-electron chi connectivity index (χ0n) is 10.8. The summed E-state index contributed by atoms with van der Waals surface area (Å²) < 4.78 is 0. The molecule has 0 bridgehead atoms. The molecule has 0 heterocycles. The third-order valence-electron chi connectivity index (χ3n) is 2.87. The molecule has 0 unspecified atom stereocenters. The van der Waals surface area contributed by atoms with Gasteiger partial charge in [-0.25, -0.2) is 0 Å². The van der Waals surface area contributed by atoms with Gasteiger partial charge in [-0.15, -0.1) is 0 Å². The molecule has 0 spiro atoms. The summed E-state index contributed by atoms with van der Waals surface area (Å²) in [6.07, 6.45) is 0. The molecule has 0 saturated heterocycles. The first-order valence-corrected chi connectivity index (χ1v) is 6.10. The summed E-state index contributed by atoms with van der Waals surface area (Å²) in [6, 6.07) is 15.3. The number of hydrogen-bond acceptors (Lipinski definition) is 3. The molecule has 98 valence electrons. The monoisotopic (exact) mass is 255 g/mol. The number of nitrogens with one attached hydrogen (secondary N) is 2. The molecule has 2 aromatic rings. The summed E-state index contributed by atoms with van der Waals surface area (Å²) in [6.45, 7) is 2.45. The lowest BCUT2D eigenvalue weighted by Crippen LogP contribution is -2.24. The molecule has 4 nitrogen and oxygen atoms in total. The second kappa shape index (κ2) is 6.02. The Bertz CT molecular complexity index is 567. The molecule has 1 amide bonds. The maximum Gasteiger partial charge on any atom is 0.253 e. The number of carbonyl (C=O) groups excluding carboxylic acids is 1. The van der Waals surface area contributed by atoms with Crippen molar-refractivity contribution in [2.24, 2.45) is 5.84 Å². The van der Waals surface area contributed by atoms with E-state index in [1.54, 1.807) is 6.07 Å². The highest BCUT2D eigenvalue weighted by Gasteiger charge is 2.10. The zero-order valence-corrected chi connectivity index (χ0v) is 10.8. The van der Waals surface area contributed by atoms with Crippen LogP contribution in [0.4, 0.5) is 5.69 Å². The van der Waals surface area contributed by atoms with E-state index in [2.05, 4.69) is 10.7 Å². The molecule has 2 rings (SSSR count). The number of aryl methyl sites for hydroxylation is 1. The van der Waals surface area contributed by atoms with Crippen LogP contribution in [0.15, 0.2) is 48.5 Å². The quantitative estimate of drug-likeness (QED) is 0.579. The van der Waals surface area contributed by atoms with Gasteiger partial charge >= 0.3 is 0 Å². The van der Waals surface area contributed by atoms with E-state index in [4.69, 9.17) is 5.84 Å². The van der Waals surface area contributed by atoms with E-state index < -0.39 is 0 Å². The summed E-state index contributed by atoms with van der Waals surface area (Å²) in [5.74, 6) is 5.29. The highest BCUT2D eigenvalue weighted by molar-refractivity contribution is 5.99. The molecular formula is C15H17N3O. The Morgan fingerprint density at radius 2 is 1.89 bits per heavy atom. The number of nitrogen functional groups attached to an aromatic ring is 1. The second-order valence-electron chi connectivity index (χ2n) is 4.36. The molecule has 0 aliphatic heterocycles. The molecule has 4 N–H and O–H groups in total. The van der Waals surface area contributed by atoms with Crippen molar-refractivity contribution in [3.05, 3.63) is 65.2 Å². The third kappa shape index (κ3) is 3.33. The van der Waals surface area contributed by atoms with Crippen molar-refractivity contribution < 1.29 is 4.79 Å². The SMILES string of the molecule is Cc1ccc(C(=O)NCc2ccccc2)c(NN)c1. The summed E-state index contributed by atoms with van der Waals surface area (Å²) in [5, 5.41) is 2.87. The van der Waals surface area contributed by atoms with Gasteiger partial charge in [0.1, 0.15) is 0 Å². The minimum absolute atomic E-state index is 0.142. The highest BCUT2D eigenvalue weighted by Crippen LogP contribution is 2.16. The van der Waals surface area contributed by atoms with Gasteiger partial charge in [-0.05, 0) is 30.2 Å². The van der Waals surface area contributed by atoms with Crippen molar-refractivity contribution in [2.45, 2.75) is 13.5 Å². The van der Waals surface area contributed by atoms with E-state index in [1.807, 2.05) is 49.4 Å². The number of amides is 1. The highest BCUT2D eigenvalue weighted by atomic mass is 16.1. The Labute approximate surface area is 112 Å². The average Bonchev–Trinajstić information content (AvgIpc) is 2.45. The molecule has 0 aromatic heterocycles. The lowest BCUT2D eigenvalue weighted by molar-refractivity contribution is 0.0951. The van der Waals surface area contributed by atoms with E-state index >= 15 is 0 Å². The standard InChI is InChI=1S/C15H17N3O/c1-11-7-8-13(14(9-11)18-16)15(19)17-10-12-5-3-2-4-6-12/h2-9,18H,10,16H2,1H3,(H,17,19). The molecule has 2 aromatic carbocycles. The largest absolute Gasteiger partial charge is 0.348 e. The lowest BCUT2D eigenvalue weighted by atomic mass is 10.1. The average molecular weight is 255 g/mol. The number of anilines is 1. The van der Waals surface area contributed by atoms with Crippen molar-refractivity contribution in [3.8, 4) is 0 Å². The van der Waals surface area contributed by atoms with E-state index in [0.29, 0.717) is 17.8 Å². The first-order valence-electron chi connectivity index (χ1n) is 6.10. The Balaban J connectivity index is 2.08. The van der Waals surface area contributed by atoms with Crippen LogP contribution in [0.1, 0.15) is 21.5 Å². The Morgan fingerprint density at radius 1 is 1.16 bits per heavy atom. The smallest absolute Gasteiger partial charge is 0.253 e. The van der Waals surface area contributed by atoms with Crippen molar-refractivity contribution in [2.75, 3.05) is 5.43 Å². The van der Waals surface area contributed by atoms with Crippen LogP contribution >= 0.6 is 0 Å². The van der Waals surface area contributed by atoms with Crippen LogP contribution in [0.25, 0.3) is 0 Å². The predicted molar refractivity (Wildman–Crippen MR) is 76.6 cm³/mol. The molecule has 0 atom stereocenters. The number of benzene rings is 2. The van der Waals surface area contributed by atoms with E-state index in [-0.39, 0.29) is 5.91 Å². The van der Waals surface area contributed by atoms with Gasteiger partial charge in [0.15, 0.2) is 0 Å². The maximum atomic E-state index is 12.1. The van der Waals surface area contributed by atoms with E-state index in [0.717, 1.165) is 11.1 Å². The fraction of sp³-hybridized carbons (Fsp3) is 0.133. The fourth-order valence-corrected chi connectivity index (χ4v) is 1.85. The normalized spacial score (nSPS) is 10.0. The number of rotatable bonds is 4. The van der Waals surface area contributed by atoms with Crippen molar-refractivity contribution in [3.63, 3.8) is 0 Å². The van der Waals surface area contributed by atoms with Crippen LogP contribution in [0.5, 0.6) is 0 Å². The minimum Gasteiger partial charge on any atom is -0.348 e. The molecule has 0 saturated carbocycles. The van der Waals surface area contributed by atoms with Crippen molar-refractivity contribution in [1.82, 2.24) is 5.32 Å². The van der Waals surface area contributed by atoms with E-state index in [9.17, 15) is 4.79 Å². The Morgan fingerprint density at radius 3 is 2.58 bits per heavy atom. The number of nitrogens with two attached hydrogens (primary N) is 1.